The van der Waals surface area contributed by atoms with E-state index in [0.29, 0.717) is 12.5 Å². The largest absolute Gasteiger partial charge is 0.418 e. The Morgan fingerprint density at radius 1 is 1.05 bits per heavy atom. The van der Waals surface area contributed by atoms with Gasteiger partial charge in [-0.1, -0.05) is 32.1 Å². The number of hydrogen-bond donors (Lipinski definition) is 2. The second-order valence-electron chi connectivity index (χ2n) is 12.3. The third-order valence-corrected chi connectivity index (χ3v) is 9.26. The predicted molar refractivity (Wildman–Crippen MR) is 154 cm³/mol. The van der Waals surface area contributed by atoms with Crippen molar-refractivity contribution in [3.05, 3.63) is 35.7 Å². The predicted octanol–water partition coefficient (Wildman–Crippen LogP) is 5.89. The van der Waals surface area contributed by atoms with Gasteiger partial charge in [0.25, 0.3) is 5.91 Å². The maximum Gasteiger partial charge on any atom is 0.418 e. The van der Waals surface area contributed by atoms with Gasteiger partial charge in [-0.2, -0.15) is 18.3 Å². The SMILES string of the molecule is CN(CC[C@@H](CC(=O)NC1CCC1)NC(=O)c1cc(-c2ncccc2C(F)(F)F)n(C2CCCC2)n1)C1CCCCC1. The van der Waals surface area contributed by atoms with Crippen molar-refractivity contribution in [1.82, 2.24) is 30.3 Å². The molecule has 0 aromatic carbocycles. The van der Waals surface area contributed by atoms with Crippen LogP contribution < -0.4 is 10.6 Å². The van der Waals surface area contributed by atoms with Gasteiger partial charge in [-0.15, -0.1) is 0 Å². The monoisotopic (exact) mass is 588 g/mol. The number of nitrogens with one attached hydrogen (secondary N) is 2. The summed E-state index contributed by atoms with van der Waals surface area (Å²) in [5.41, 5.74) is -0.849. The van der Waals surface area contributed by atoms with Gasteiger partial charge in [0.15, 0.2) is 5.69 Å². The second-order valence-corrected chi connectivity index (χ2v) is 12.3. The van der Waals surface area contributed by atoms with Crippen molar-refractivity contribution >= 4 is 11.8 Å². The minimum atomic E-state index is -4.60. The topological polar surface area (TPSA) is 92.2 Å². The molecule has 2 N–H and O–H groups in total. The highest BCUT2D eigenvalue weighted by atomic mass is 19.4. The molecule has 2 aromatic rings. The van der Waals surface area contributed by atoms with Gasteiger partial charge in [0.2, 0.25) is 5.91 Å². The van der Waals surface area contributed by atoms with E-state index in [4.69, 9.17) is 0 Å². The van der Waals surface area contributed by atoms with Gasteiger partial charge in [-0.3, -0.25) is 19.3 Å². The standard InChI is InChI=1S/C31H43F3N6O2/c1-39(23-11-3-2-4-12-23)18-16-22(19-28(41)36-21-9-7-10-21)37-30(42)26-20-27(40(38-26)24-13-5-6-14-24)29-25(31(32,33)34)15-8-17-35-29/h8,15,17,20-24H,2-7,9-14,16,18-19H2,1H3,(H,36,41)(H,37,42)/t22-/m0/s1. The van der Waals surface area contributed by atoms with E-state index in [1.165, 1.54) is 37.6 Å². The maximum atomic E-state index is 13.9. The minimum Gasteiger partial charge on any atom is -0.353 e. The normalized spacial score (nSPS) is 19.5. The fourth-order valence-electron chi connectivity index (χ4n) is 6.56. The highest BCUT2D eigenvalue weighted by Crippen LogP contribution is 2.39. The van der Waals surface area contributed by atoms with Crippen LogP contribution in [0.15, 0.2) is 24.4 Å². The third kappa shape index (κ3) is 7.51. The maximum absolute atomic E-state index is 13.9. The molecule has 11 heteroatoms. The Morgan fingerprint density at radius 2 is 1.76 bits per heavy atom. The van der Waals surface area contributed by atoms with Crippen LogP contribution in [0.1, 0.15) is 112 Å². The zero-order valence-electron chi connectivity index (χ0n) is 24.5. The van der Waals surface area contributed by atoms with Crippen LogP contribution in [0, 0.1) is 0 Å². The van der Waals surface area contributed by atoms with Crippen molar-refractivity contribution in [2.45, 2.75) is 120 Å². The molecule has 0 aliphatic heterocycles. The highest BCUT2D eigenvalue weighted by Gasteiger charge is 2.36. The first kappa shape index (κ1) is 30.5. The van der Waals surface area contributed by atoms with E-state index in [2.05, 4.69) is 32.7 Å². The summed E-state index contributed by atoms with van der Waals surface area (Å²) in [6.45, 7) is 0.733. The van der Waals surface area contributed by atoms with Crippen molar-refractivity contribution in [1.29, 1.82) is 0 Å². The summed E-state index contributed by atoms with van der Waals surface area (Å²) in [5.74, 6) is -0.579. The van der Waals surface area contributed by atoms with Gasteiger partial charge in [-0.05, 0) is 76.6 Å². The average molecular weight is 589 g/mol. The molecule has 230 valence electrons. The number of rotatable bonds is 11. The van der Waals surface area contributed by atoms with Gasteiger partial charge in [-0.25, -0.2) is 0 Å². The van der Waals surface area contributed by atoms with Crippen LogP contribution >= 0.6 is 0 Å². The zero-order valence-corrected chi connectivity index (χ0v) is 24.5. The lowest BCUT2D eigenvalue weighted by molar-refractivity contribution is -0.137. The van der Waals surface area contributed by atoms with E-state index >= 15 is 0 Å². The van der Waals surface area contributed by atoms with Gasteiger partial charge < -0.3 is 15.5 Å². The third-order valence-electron chi connectivity index (χ3n) is 9.26. The number of nitrogens with zero attached hydrogens (tertiary/aromatic N) is 4. The first-order chi connectivity index (χ1) is 20.2. The Labute approximate surface area is 245 Å². The molecule has 2 amide bonds. The van der Waals surface area contributed by atoms with E-state index in [1.54, 1.807) is 4.68 Å². The fourth-order valence-corrected chi connectivity index (χ4v) is 6.56. The fraction of sp³-hybridized carbons (Fsp3) is 0.677. The van der Waals surface area contributed by atoms with E-state index in [9.17, 15) is 22.8 Å². The number of alkyl halides is 3. The van der Waals surface area contributed by atoms with Crippen LogP contribution in [-0.2, 0) is 11.0 Å². The Bertz CT molecular complexity index is 1220. The highest BCUT2D eigenvalue weighted by molar-refractivity contribution is 5.94. The summed E-state index contributed by atoms with van der Waals surface area (Å²) < 4.78 is 43.3. The molecule has 3 fully saturated rings. The zero-order chi connectivity index (χ0) is 29.7. The molecule has 0 bridgehead atoms. The molecule has 3 saturated carbocycles. The van der Waals surface area contributed by atoms with E-state index in [0.717, 1.165) is 70.4 Å². The molecule has 0 saturated heterocycles. The number of pyridine rings is 1. The summed E-state index contributed by atoms with van der Waals surface area (Å²) in [7, 11) is 2.10. The van der Waals surface area contributed by atoms with Crippen LogP contribution in [0.3, 0.4) is 0 Å². The molecule has 1 atom stereocenters. The van der Waals surface area contributed by atoms with Crippen LogP contribution in [0.5, 0.6) is 0 Å². The van der Waals surface area contributed by atoms with Crippen LogP contribution in [0.2, 0.25) is 0 Å². The lowest BCUT2D eigenvalue weighted by Gasteiger charge is -2.32. The van der Waals surface area contributed by atoms with Crippen LogP contribution in [0.25, 0.3) is 11.4 Å². The quantitative estimate of drug-likeness (QED) is 0.342. The summed E-state index contributed by atoms with van der Waals surface area (Å²) in [6.07, 6.45) is 10.0. The summed E-state index contributed by atoms with van der Waals surface area (Å²) in [4.78, 5) is 32.9. The molecular formula is C31H43F3N6O2. The Balaban J connectivity index is 1.36. The number of aromatic nitrogens is 3. The van der Waals surface area contributed by atoms with E-state index < -0.39 is 23.7 Å². The number of carbonyl (C=O) groups excluding carboxylic acids is 2. The smallest absolute Gasteiger partial charge is 0.353 e. The Kier molecular flexibility index (Phi) is 9.85. The van der Waals surface area contributed by atoms with Gasteiger partial charge >= 0.3 is 6.18 Å². The van der Waals surface area contributed by atoms with Crippen molar-refractivity contribution in [3.63, 3.8) is 0 Å². The van der Waals surface area contributed by atoms with Gasteiger partial charge in [0.05, 0.1) is 17.3 Å². The molecule has 0 spiro atoms. The average Bonchev–Trinajstić information content (AvgIpc) is 3.64. The molecule has 2 heterocycles. The van der Waals surface area contributed by atoms with E-state index in [-0.39, 0.29) is 41.5 Å². The van der Waals surface area contributed by atoms with Crippen molar-refractivity contribution in [2.75, 3.05) is 13.6 Å². The number of hydrogen-bond acceptors (Lipinski definition) is 5. The minimum absolute atomic E-state index is 0.0423. The molecule has 0 unspecified atom stereocenters. The molecule has 3 aliphatic carbocycles. The van der Waals surface area contributed by atoms with Crippen LogP contribution in [0.4, 0.5) is 13.2 Å². The molecule has 42 heavy (non-hydrogen) atoms. The number of halogens is 3. The molecular weight excluding hydrogens is 545 g/mol. The number of carbonyl (C=O) groups is 2. The first-order valence-electron chi connectivity index (χ1n) is 15.6. The van der Waals surface area contributed by atoms with E-state index in [1.807, 2.05) is 0 Å². The molecule has 0 radical (unpaired) electrons. The van der Waals surface area contributed by atoms with Crippen LogP contribution in [-0.4, -0.2) is 63.2 Å². The lowest BCUT2D eigenvalue weighted by atomic mass is 9.93. The molecule has 3 aliphatic rings. The molecule has 8 nitrogen and oxygen atoms in total. The van der Waals surface area contributed by atoms with Crippen molar-refractivity contribution < 1.29 is 22.8 Å². The Hall–Kier alpha value is -2.95. The first-order valence-corrected chi connectivity index (χ1v) is 15.6. The summed E-state index contributed by atoms with van der Waals surface area (Å²) in [5, 5.41) is 10.6. The second kappa shape index (κ2) is 13.6. The Morgan fingerprint density at radius 3 is 2.43 bits per heavy atom. The van der Waals surface area contributed by atoms with Gasteiger partial charge in [0, 0.05) is 37.3 Å². The molecule has 5 rings (SSSR count). The summed E-state index contributed by atoms with van der Waals surface area (Å²) >= 11 is 0. The number of amides is 2. The van der Waals surface area contributed by atoms with Crippen molar-refractivity contribution in [3.8, 4) is 11.4 Å². The lowest BCUT2D eigenvalue weighted by Crippen LogP contribution is -2.45. The molecule has 2 aromatic heterocycles. The van der Waals surface area contributed by atoms with Gasteiger partial charge in [0.1, 0.15) is 5.69 Å². The van der Waals surface area contributed by atoms with Crippen molar-refractivity contribution in [2.24, 2.45) is 0 Å². The summed E-state index contributed by atoms with van der Waals surface area (Å²) in [6, 6.07) is 3.87.